The van der Waals surface area contributed by atoms with Gasteiger partial charge in [0.2, 0.25) is 0 Å². The molecule has 19 heavy (non-hydrogen) atoms. The number of benzene rings is 1. The van der Waals surface area contributed by atoms with E-state index in [4.69, 9.17) is 0 Å². The van der Waals surface area contributed by atoms with Crippen molar-refractivity contribution in [2.45, 2.75) is 36.8 Å². The van der Waals surface area contributed by atoms with E-state index >= 15 is 0 Å². The van der Waals surface area contributed by atoms with E-state index in [0.29, 0.717) is 5.25 Å². The molecule has 0 saturated carbocycles. The number of hydrogen-bond acceptors (Lipinski definition) is 4. The van der Waals surface area contributed by atoms with Crippen molar-refractivity contribution in [3.05, 3.63) is 24.3 Å². The molecule has 1 aliphatic heterocycles. The number of rotatable bonds is 5. The number of thioether (sulfide) groups is 2. The summed E-state index contributed by atoms with van der Waals surface area (Å²) in [7, 11) is 0. The number of aliphatic imine (C=N–C) groups is 1. The second kappa shape index (κ2) is 7.25. The van der Waals surface area contributed by atoms with Gasteiger partial charge < -0.3 is 5.32 Å². The summed E-state index contributed by atoms with van der Waals surface area (Å²) in [6.45, 7) is 5.52. The molecule has 0 aliphatic carbocycles. The van der Waals surface area contributed by atoms with Crippen LogP contribution in [-0.2, 0) is 0 Å². The molecule has 2 nitrogen and oxygen atoms in total. The SMILES string of the molecule is CCC(CC)C1CN=C(Nc2ccc(SC)cc2)S1. The Kier molecular flexibility index (Phi) is 5.64. The molecule has 0 aromatic heterocycles. The first-order chi connectivity index (χ1) is 9.26. The first kappa shape index (κ1) is 14.8. The standard InChI is InChI=1S/C15H22N2S2/c1-4-11(5-2)14-10-16-15(19-14)17-12-6-8-13(18-3)9-7-12/h6-9,11,14H,4-5,10H2,1-3H3,(H,16,17). The van der Waals surface area contributed by atoms with Gasteiger partial charge in [-0.3, -0.25) is 4.99 Å². The molecule has 4 heteroatoms. The Morgan fingerprint density at radius 3 is 2.58 bits per heavy atom. The smallest absolute Gasteiger partial charge is 0.161 e. The molecule has 0 saturated heterocycles. The topological polar surface area (TPSA) is 24.4 Å². The molecule has 1 aromatic carbocycles. The fraction of sp³-hybridized carbons (Fsp3) is 0.533. The Balaban J connectivity index is 1.90. The lowest BCUT2D eigenvalue weighted by atomic mass is 9.99. The predicted molar refractivity (Wildman–Crippen MR) is 89.6 cm³/mol. The Labute approximate surface area is 124 Å². The summed E-state index contributed by atoms with van der Waals surface area (Å²) in [4.78, 5) is 5.93. The summed E-state index contributed by atoms with van der Waals surface area (Å²) in [5.74, 6) is 0.784. The van der Waals surface area contributed by atoms with Crippen molar-refractivity contribution in [3.8, 4) is 0 Å². The van der Waals surface area contributed by atoms with Crippen molar-refractivity contribution in [3.63, 3.8) is 0 Å². The van der Waals surface area contributed by atoms with Crippen LogP contribution in [-0.4, -0.2) is 23.2 Å². The summed E-state index contributed by atoms with van der Waals surface area (Å²) in [5.41, 5.74) is 1.13. The Morgan fingerprint density at radius 2 is 2.00 bits per heavy atom. The number of hydrogen-bond donors (Lipinski definition) is 1. The molecular formula is C15H22N2S2. The van der Waals surface area contributed by atoms with Crippen LogP contribution in [0.2, 0.25) is 0 Å². The first-order valence-corrected chi connectivity index (χ1v) is 8.99. The number of nitrogens with one attached hydrogen (secondary N) is 1. The average Bonchev–Trinajstić information content (AvgIpc) is 2.89. The van der Waals surface area contributed by atoms with E-state index in [0.717, 1.165) is 23.3 Å². The van der Waals surface area contributed by atoms with Crippen LogP contribution in [0.5, 0.6) is 0 Å². The zero-order valence-electron chi connectivity index (χ0n) is 11.8. The van der Waals surface area contributed by atoms with Crippen LogP contribution in [0.3, 0.4) is 0 Å². The number of nitrogens with zero attached hydrogens (tertiary/aromatic N) is 1. The molecule has 1 unspecified atom stereocenters. The van der Waals surface area contributed by atoms with Crippen LogP contribution in [0.4, 0.5) is 5.69 Å². The van der Waals surface area contributed by atoms with Crippen LogP contribution in [0.15, 0.2) is 34.2 Å². The Bertz CT molecular complexity index is 424. The monoisotopic (exact) mass is 294 g/mol. The minimum atomic E-state index is 0.656. The highest BCUT2D eigenvalue weighted by Gasteiger charge is 2.25. The maximum absolute atomic E-state index is 4.64. The van der Waals surface area contributed by atoms with Gasteiger partial charge in [-0.1, -0.05) is 38.5 Å². The van der Waals surface area contributed by atoms with Gasteiger partial charge in [-0.15, -0.1) is 11.8 Å². The van der Waals surface area contributed by atoms with Crippen LogP contribution >= 0.6 is 23.5 Å². The lowest BCUT2D eigenvalue weighted by molar-refractivity contribution is 0.479. The first-order valence-electron chi connectivity index (χ1n) is 6.89. The molecule has 0 radical (unpaired) electrons. The van der Waals surface area contributed by atoms with Crippen LogP contribution < -0.4 is 5.32 Å². The van der Waals surface area contributed by atoms with Gasteiger partial charge in [0.05, 0.1) is 6.54 Å². The summed E-state index contributed by atoms with van der Waals surface area (Å²) in [5, 5.41) is 5.16. The molecule has 0 amide bonds. The summed E-state index contributed by atoms with van der Waals surface area (Å²) < 4.78 is 0. The molecule has 1 aromatic rings. The van der Waals surface area contributed by atoms with Gasteiger partial charge in [0.1, 0.15) is 0 Å². The maximum atomic E-state index is 4.64. The minimum Gasteiger partial charge on any atom is -0.335 e. The zero-order valence-corrected chi connectivity index (χ0v) is 13.5. The van der Waals surface area contributed by atoms with E-state index in [1.165, 1.54) is 17.7 Å². The van der Waals surface area contributed by atoms with E-state index in [2.05, 4.69) is 54.7 Å². The molecule has 1 heterocycles. The molecule has 1 atom stereocenters. The molecule has 0 bridgehead atoms. The summed E-state index contributed by atoms with van der Waals surface area (Å²) in [6.07, 6.45) is 4.60. The van der Waals surface area contributed by atoms with E-state index < -0.39 is 0 Å². The van der Waals surface area contributed by atoms with E-state index in [-0.39, 0.29) is 0 Å². The maximum Gasteiger partial charge on any atom is 0.161 e. The van der Waals surface area contributed by atoms with Gasteiger partial charge in [-0.2, -0.15) is 0 Å². The third kappa shape index (κ3) is 3.93. The van der Waals surface area contributed by atoms with Gasteiger partial charge in [0.15, 0.2) is 5.17 Å². The zero-order chi connectivity index (χ0) is 13.7. The van der Waals surface area contributed by atoms with Crippen LogP contribution in [0, 0.1) is 5.92 Å². The van der Waals surface area contributed by atoms with E-state index in [1.54, 1.807) is 11.8 Å². The van der Waals surface area contributed by atoms with Gasteiger partial charge in [-0.05, 0) is 36.4 Å². The second-order valence-corrected chi connectivity index (χ2v) is 6.84. The fourth-order valence-corrected chi connectivity index (χ4v) is 4.06. The van der Waals surface area contributed by atoms with Crippen molar-refractivity contribution in [1.29, 1.82) is 0 Å². The molecule has 1 aliphatic rings. The van der Waals surface area contributed by atoms with Crippen molar-refractivity contribution < 1.29 is 0 Å². The third-order valence-corrected chi connectivity index (χ3v) is 5.63. The predicted octanol–water partition coefficient (Wildman–Crippen LogP) is 4.73. The molecule has 104 valence electrons. The average molecular weight is 294 g/mol. The normalized spacial score (nSPS) is 18.7. The van der Waals surface area contributed by atoms with Gasteiger partial charge in [0, 0.05) is 15.8 Å². The Hall–Kier alpha value is -0.610. The summed E-state index contributed by atoms with van der Waals surface area (Å²) in [6, 6.07) is 8.54. The lowest BCUT2D eigenvalue weighted by Gasteiger charge is -2.18. The highest BCUT2D eigenvalue weighted by atomic mass is 32.2. The molecule has 1 N–H and O–H groups in total. The molecule has 0 spiro atoms. The second-order valence-electron chi connectivity index (χ2n) is 4.73. The minimum absolute atomic E-state index is 0.656. The van der Waals surface area contributed by atoms with E-state index in [1.807, 2.05) is 11.8 Å². The molecular weight excluding hydrogens is 272 g/mol. The third-order valence-electron chi connectivity index (χ3n) is 3.59. The van der Waals surface area contributed by atoms with Crippen molar-refractivity contribution in [2.24, 2.45) is 10.9 Å². The molecule has 0 fully saturated rings. The van der Waals surface area contributed by atoms with E-state index in [9.17, 15) is 0 Å². The number of amidine groups is 1. The van der Waals surface area contributed by atoms with Crippen molar-refractivity contribution >= 4 is 34.4 Å². The van der Waals surface area contributed by atoms with Crippen molar-refractivity contribution in [2.75, 3.05) is 18.1 Å². The van der Waals surface area contributed by atoms with Gasteiger partial charge in [0.25, 0.3) is 0 Å². The lowest BCUT2D eigenvalue weighted by Crippen LogP contribution is -2.17. The number of anilines is 1. The van der Waals surface area contributed by atoms with Crippen LogP contribution in [0.1, 0.15) is 26.7 Å². The van der Waals surface area contributed by atoms with Crippen molar-refractivity contribution in [1.82, 2.24) is 0 Å². The van der Waals surface area contributed by atoms with Gasteiger partial charge >= 0.3 is 0 Å². The highest BCUT2D eigenvalue weighted by molar-refractivity contribution is 8.15. The Morgan fingerprint density at radius 1 is 1.32 bits per heavy atom. The summed E-state index contributed by atoms with van der Waals surface area (Å²) >= 11 is 3.67. The molecule has 2 rings (SSSR count). The van der Waals surface area contributed by atoms with Crippen LogP contribution in [0.25, 0.3) is 0 Å². The highest BCUT2D eigenvalue weighted by Crippen LogP contribution is 2.31. The van der Waals surface area contributed by atoms with Gasteiger partial charge in [-0.25, -0.2) is 0 Å². The largest absolute Gasteiger partial charge is 0.335 e. The fourth-order valence-electron chi connectivity index (χ4n) is 2.32. The quantitative estimate of drug-likeness (QED) is 0.795.